The highest BCUT2D eigenvalue weighted by molar-refractivity contribution is 9.10. The van der Waals surface area contributed by atoms with Crippen LogP contribution in [0, 0.1) is 10.1 Å². The SMILES string of the molecule is Cn1cc(Br)nc1[N+](=O)[O-]. The van der Waals surface area contributed by atoms with E-state index in [2.05, 4.69) is 20.9 Å². The van der Waals surface area contributed by atoms with Crippen molar-refractivity contribution in [2.24, 2.45) is 7.05 Å². The van der Waals surface area contributed by atoms with Gasteiger partial charge in [0.2, 0.25) is 4.60 Å². The van der Waals surface area contributed by atoms with Crippen LogP contribution in [-0.2, 0) is 7.05 Å². The lowest BCUT2D eigenvalue weighted by atomic mass is 10.9. The van der Waals surface area contributed by atoms with Crippen LogP contribution in [0.3, 0.4) is 0 Å². The first-order chi connectivity index (χ1) is 4.61. The van der Waals surface area contributed by atoms with E-state index in [9.17, 15) is 10.1 Å². The summed E-state index contributed by atoms with van der Waals surface area (Å²) >= 11 is 3.01. The molecule has 0 spiro atoms. The first-order valence-corrected chi connectivity index (χ1v) is 3.24. The molecule has 0 saturated carbocycles. The van der Waals surface area contributed by atoms with Gasteiger partial charge in [-0.25, -0.2) is 4.57 Å². The van der Waals surface area contributed by atoms with Gasteiger partial charge in [0.15, 0.2) is 0 Å². The summed E-state index contributed by atoms with van der Waals surface area (Å²) in [5.74, 6) is -0.160. The van der Waals surface area contributed by atoms with Gasteiger partial charge in [-0.1, -0.05) is 4.98 Å². The lowest BCUT2D eigenvalue weighted by Crippen LogP contribution is -1.96. The summed E-state index contributed by atoms with van der Waals surface area (Å²) in [5.41, 5.74) is 0. The Morgan fingerprint density at radius 3 is 2.70 bits per heavy atom. The average molecular weight is 206 g/mol. The van der Waals surface area contributed by atoms with E-state index in [4.69, 9.17) is 0 Å². The minimum atomic E-state index is -0.537. The van der Waals surface area contributed by atoms with Crippen LogP contribution in [0.5, 0.6) is 0 Å². The van der Waals surface area contributed by atoms with Gasteiger partial charge in [-0.05, 0) is 20.9 Å². The van der Waals surface area contributed by atoms with Crippen molar-refractivity contribution in [3.63, 3.8) is 0 Å². The van der Waals surface area contributed by atoms with E-state index in [-0.39, 0.29) is 5.95 Å². The van der Waals surface area contributed by atoms with Gasteiger partial charge < -0.3 is 10.1 Å². The van der Waals surface area contributed by atoms with Crippen molar-refractivity contribution in [2.45, 2.75) is 0 Å². The second-order valence-corrected chi connectivity index (χ2v) is 2.54. The fraction of sp³-hybridized carbons (Fsp3) is 0.250. The molecule has 6 heteroatoms. The molecule has 1 rings (SSSR count). The summed E-state index contributed by atoms with van der Waals surface area (Å²) in [6.45, 7) is 0. The van der Waals surface area contributed by atoms with Gasteiger partial charge in [-0.3, -0.25) is 0 Å². The molecule has 0 aliphatic carbocycles. The molecular weight excluding hydrogens is 202 g/mol. The van der Waals surface area contributed by atoms with Crippen molar-refractivity contribution in [2.75, 3.05) is 0 Å². The van der Waals surface area contributed by atoms with Crippen molar-refractivity contribution in [1.82, 2.24) is 9.55 Å². The zero-order valence-electron chi connectivity index (χ0n) is 5.11. The lowest BCUT2D eigenvalue weighted by molar-refractivity contribution is -0.396. The Morgan fingerprint density at radius 1 is 1.90 bits per heavy atom. The zero-order valence-corrected chi connectivity index (χ0v) is 6.70. The number of aryl methyl sites for hydroxylation is 1. The predicted molar refractivity (Wildman–Crippen MR) is 37.6 cm³/mol. The molecule has 5 nitrogen and oxygen atoms in total. The van der Waals surface area contributed by atoms with E-state index in [0.29, 0.717) is 4.60 Å². The molecule has 0 bridgehead atoms. The summed E-state index contributed by atoms with van der Waals surface area (Å²) in [5, 5.41) is 10.1. The number of nitrogens with zero attached hydrogens (tertiary/aromatic N) is 3. The number of hydrogen-bond acceptors (Lipinski definition) is 3. The average Bonchev–Trinajstić information content (AvgIpc) is 2.10. The smallest absolute Gasteiger partial charge is 0.390 e. The standard InChI is InChI=1S/C4H4BrN3O2/c1-7-2-3(5)6-4(7)8(9)10/h2H,1H3. The van der Waals surface area contributed by atoms with Gasteiger partial charge >= 0.3 is 5.95 Å². The quantitative estimate of drug-likeness (QED) is 0.510. The van der Waals surface area contributed by atoms with Crippen LogP contribution in [0.1, 0.15) is 0 Å². The van der Waals surface area contributed by atoms with Crippen molar-refractivity contribution in [3.8, 4) is 0 Å². The molecule has 0 fully saturated rings. The highest BCUT2D eigenvalue weighted by atomic mass is 79.9. The van der Waals surface area contributed by atoms with Gasteiger partial charge in [0, 0.05) is 0 Å². The molecule has 0 unspecified atom stereocenters. The highest BCUT2D eigenvalue weighted by Crippen LogP contribution is 2.13. The minimum absolute atomic E-state index is 0.160. The first kappa shape index (κ1) is 7.20. The molecule has 10 heavy (non-hydrogen) atoms. The van der Waals surface area contributed by atoms with E-state index in [0.717, 1.165) is 0 Å². The molecular formula is C4H4BrN3O2. The van der Waals surface area contributed by atoms with Crippen LogP contribution in [0.2, 0.25) is 0 Å². The minimum Gasteiger partial charge on any atom is -0.390 e. The van der Waals surface area contributed by atoms with E-state index in [1.807, 2.05) is 0 Å². The van der Waals surface area contributed by atoms with E-state index in [1.165, 1.54) is 10.8 Å². The molecule has 1 aromatic heterocycles. The van der Waals surface area contributed by atoms with Crippen LogP contribution in [0.25, 0.3) is 0 Å². The lowest BCUT2D eigenvalue weighted by Gasteiger charge is -1.90. The van der Waals surface area contributed by atoms with Gasteiger partial charge in [0.1, 0.15) is 6.20 Å². The number of imidazole rings is 1. The molecule has 0 radical (unpaired) electrons. The van der Waals surface area contributed by atoms with Crippen LogP contribution in [-0.4, -0.2) is 14.5 Å². The van der Waals surface area contributed by atoms with Crippen molar-refractivity contribution in [3.05, 3.63) is 20.9 Å². The number of hydrogen-bond donors (Lipinski definition) is 0. The number of rotatable bonds is 1. The maximum atomic E-state index is 10.1. The number of nitro groups is 1. The molecule has 0 saturated heterocycles. The Balaban J connectivity index is 3.15. The first-order valence-electron chi connectivity index (χ1n) is 2.44. The summed E-state index contributed by atoms with van der Waals surface area (Å²) < 4.78 is 1.81. The summed E-state index contributed by atoms with van der Waals surface area (Å²) in [4.78, 5) is 13.2. The second kappa shape index (κ2) is 2.37. The molecule has 1 heterocycles. The molecule has 0 aliphatic rings. The van der Waals surface area contributed by atoms with E-state index < -0.39 is 4.92 Å². The Labute approximate surface area is 65.0 Å². The topological polar surface area (TPSA) is 61.0 Å². The van der Waals surface area contributed by atoms with E-state index >= 15 is 0 Å². The predicted octanol–water partition coefficient (Wildman–Crippen LogP) is 1.09. The largest absolute Gasteiger partial charge is 0.435 e. The molecule has 0 aromatic carbocycles. The molecule has 0 N–H and O–H groups in total. The second-order valence-electron chi connectivity index (χ2n) is 1.73. The van der Waals surface area contributed by atoms with Crippen molar-refractivity contribution >= 4 is 21.9 Å². The maximum absolute atomic E-state index is 10.1. The van der Waals surface area contributed by atoms with Gasteiger partial charge in [0.05, 0.1) is 7.05 Å². The van der Waals surface area contributed by atoms with Gasteiger partial charge in [0.25, 0.3) is 0 Å². The number of aromatic nitrogens is 2. The highest BCUT2D eigenvalue weighted by Gasteiger charge is 2.13. The monoisotopic (exact) mass is 205 g/mol. The van der Waals surface area contributed by atoms with Crippen LogP contribution in [0.4, 0.5) is 5.95 Å². The van der Waals surface area contributed by atoms with E-state index in [1.54, 1.807) is 7.05 Å². The molecule has 0 atom stereocenters. The van der Waals surface area contributed by atoms with Crippen molar-refractivity contribution < 1.29 is 4.92 Å². The molecule has 0 amide bonds. The van der Waals surface area contributed by atoms with Crippen LogP contribution in [0.15, 0.2) is 10.8 Å². The van der Waals surface area contributed by atoms with Crippen molar-refractivity contribution in [1.29, 1.82) is 0 Å². The Hall–Kier alpha value is -0.910. The number of halogens is 1. The zero-order chi connectivity index (χ0) is 7.72. The molecule has 1 aromatic rings. The summed E-state index contributed by atoms with van der Waals surface area (Å²) in [6, 6.07) is 0. The van der Waals surface area contributed by atoms with Crippen LogP contribution < -0.4 is 0 Å². The summed E-state index contributed by atoms with van der Waals surface area (Å²) in [6.07, 6.45) is 1.53. The normalized spacial score (nSPS) is 9.80. The third-order valence-electron chi connectivity index (χ3n) is 0.986. The molecule has 0 aliphatic heterocycles. The van der Waals surface area contributed by atoms with Crippen LogP contribution >= 0.6 is 15.9 Å². The Kier molecular flexibility index (Phi) is 1.71. The summed E-state index contributed by atoms with van der Waals surface area (Å²) in [7, 11) is 1.57. The third kappa shape index (κ3) is 1.15. The van der Waals surface area contributed by atoms with Gasteiger partial charge in [-0.2, -0.15) is 0 Å². The third-order valence-corrected chi connectivity index (χ3v) is 1.37. The Bertz CT molecular complexity index is 269. The van der Waals surface area contributed by atoms with Gasteiger partial charge in [-0.15, -0.1) is 0 Å². The molecule has 54 valence electrons. The fourth-order valence-corrected chi connectivity index (χ4v) is 1.06. The Morgan fingerprint density at radius 2 is 2.50 bits per heavy atom. The maximum Gasteiger partial charge on any atom is 0.435 e. The fourth-order valence-electron chi connectivity index (χ4n) is 0.590.